The molecule has 0 aliphatic heterocycles. The molecule has 1 atom stereocenters. The van der Waals surface area contributed by atoms with Crippen molar-refractivity contribution in [1.29, 1.82) is 0 Å². The molecule has 2 amide bonds. The van der Waals surface area contributed by atoms with Crippen LogP contribution in [-0.4, -0.2) is 40.0 Å². The average molecular weight is 498 g/mol. The number of fused-ring (bicyclic) bond motifs is 1. The van der Waals surface area contributed by atoms with E-state index in [1.54, 1.807) is 16.7 Å². The first-order chi connectivity index (χ1) is 18.0. The summed E-state index contributed by atoms with van der Waals surface area (Å²) in [6.45, 7) is 1.90. The van der Waals surface area contributed by atoms with Crippen LogP contribution in [0.25, 0.3) is 11.0 Å². The second-order valence-corrected chi connectivity index (χ2v) is 9.51. The maximum atomic E-state index is 14.1. The van der Waals surface area contributed by atoms with Gasteiger partial charge in [-0.05, 0) is 67.3 Å². The van der Waals surface area contributed by atoms with Gasteiger partial charge in [0.1, 0.15) is 23.9 Å². The van der Waals surface area contributed by atoms with Gasteiger partial charge in [-0.2, -0.15) is 0 Å². The normalized spacial score (nSPS) is 14.4. The van der Waals surface area contributed by atoms with Crippen molar-refractivity contribution in [2.45, 2.75) is 51.2 Å². The average Bonchev–Trinajstić information content (AvgIpc) is 3.57. The van der Waals surface area contributed by atoms with E-state index >= 15 is 0 Å². The van der Waals surface area contributed by atoms with Gasteiger partial charge in [-0.1, -0.05) is 54.5 Å². The number of rotatable bonds is 8. The number of anilines is 1. The van der Waals surface area contributed by atoms with E-state index in [2.05, 4.69) is 15.6 Å². The molecule has 5 rings (SSSR count). The highest BCUT2D eigenvalue weighted by Gasteiger charge is 2.35. The summed E-state index contributed by atoms with van der Waals surface area (Å²) >= 11 is 0. The standard InChI is InChI=1S/C29H31N5O3/c1-20-9-7-13-23(17-20)34(27(35)19-33-26-16-6-5-15-25(26)31-32-33)28(21-10-8-14-24(18-21)37-2)29(36)30-22-11-3-4-12-22/h5-10,13-18,22,28H,3-4,11-12,19H2,1-2H3,(H,30,36). The summed E-state index contributed by atoms with van der Waals surface area (Å²) in [5.41, 5.74) is 3.77. The highest BCUT2D eigenvalue weighted by atomic mass is 16.5. The number of hydrogen-bond donors (Lipinski definition) is 1. The number of para-hydroxylation sites is 1. The van der Waals surface area contributed by atoms with Crippen molar-refractivity contribution < 1.29 is 14.3 Å². The van der Waals surface area contributed by atoms with E-state index in [1.807, 2.05) is 79.7 Å². The van der Waals surface area contributed by atoms with Crippen molar-refractivity contribution in [3.05, 3.63) is 83.9 Å². The summed E-state index contributed by atoms with van der Waals surface area (Å²) in [5.74, 6) is 0.143. The fourth-order valence-electron chi connectivity index (χ4n) is 5.03. The van der Waals surface area contributed by atoms with E-state index in [0.717, 1.165) is 36.8 Å². The van der Waals surface area contributed by atoms with Gasteiger partial charge in [0.05, 0.1) is 12.6 Å². The van der Waals surface area contributed by atoms with Crippen LogP contribution in [0, 0.1) is 6.92 Å². The van der Waals surface area contributed by atoms with Gasteiger partial charge in [0.2, 0.25) is 11.8 Å². The van der Waals surface area contributed by atoms with Gasteiger partial charge in [0, 0.05) is 11.7 Å². The molecule has 190 valence electrons. The molecule has 1 saturated carbocycles. The number of nitrogens with one attached hydrogen (secondary N) is 1. The Morgan fingerprint density at radius 1 is 1.05 bits per heavy atom. The number of methoxy groups -OCH3 is 1. The Kier molecular flexibility index (Phi) is 7.16. The molecule has 1 N–H and O–H groups in total. The smallest absolute Gasteiger partial charge is 0.249 e. The van der Waals surface area contributed by atoms with E-state index in [4.69, 9.17) is 4.74 Å². The number of benzene rings is 3. The summed E-state index contributed by atoms with van der Waals surface area (Å²) in [5, 5.41) is 11.6. The van der Waals surface area contributed by atoms with Crippen LogP contribution >= 0.6 is 0 Å². The molecule has 3 aromatic carbocycles. The van der Waals surface area contributed by atoms with E-state index in [0.29, 0.717) is 22.5 Å². The molecule has 0 bridgehead atoms. The van der Waals surface area contributed by atoms with Crippen molar-refractivity contribution in [3.8, 4) is 5.75 Å². The predicted molar refractivity (Wildman–Crippen MR) is 142 cm³/mol. The number of amides is 2. The molecule has 0 radical (unpaired) electrons. The van der Waals surface area contributed by atoms with Gasteiger partial charge >= 0.3 is 0 Å². The molecule has 8 nitrogen and oxygen atoms in total. The van der Waals surface area contributed by atoms with Crippen LogP contribution in [0.15, 0.2) is 72.8 Å². The highest BCUT2D eigenvalue weighted by molar-refractivity contribution is 6.01. The lowest BCUT2D eigenvalue weighted by Gasteiger charge is -2.32. The first-order valence-electron chi connectivity index (χ1n) is 12.6. The molecule has 1 aliphatic carbocycles. The number of ether oxygens (including phenoxy) is 1. The van der Waals surface area contributed by atoms with Crippen LogP contribution < -0.4 is 15.0 Å². The van der Waals surface area contributed by atoms with Crippen LogP contribution in [0.3, 0.4) is 0 Å². The Bertz CT molecular complexity index is 1410. The molecule has 1 aromatic heterocycles. The zero-order valence-corrected chi connectivity index (χ0v) is 21.1. The van der Waals surface area contributed by atoms with E-state index in [-0.39, 0.29) is 24.4 Å². The van der Waals surface area contributed by atoms with Gasteiger partial charge in [-0.25, -0.2) is 4.68 Å². The van der Waals surface area contributed by atoms with Crippen molar-refractivity contribution in [2.75, 3.05) is 12.0 Å². The molecule has 0 spiro atoms. The van der Waals surface area contributed by atoms with Crippen LogP contribution in [0.5, 0.6) is 5.75 Å². The monoisotopic (exact) mass is 497 g/mol. The number of carbonyl (C=O) groups is 2. The van der Waals surface area contributed by atoms with Crippen LogP contribution in [-0.2, 0) is 16.1 Å². The third-order valence-electron chi connectivity index (χ3n) is 6.87. The molecular weight excluding hydrogens is 466 g/mol. The van der Waals surface area contributed by atoms with Gasteiger partial charge < -0.3 is 10.1 Å². The van der Waals surface area contributed by atoms with Gasteiger partial charge in [0.25, 0.3) is 0 Å². The summed E-state index contributed by atoms with van der Waals surface area (Å²) < 4.78 is 7.04. The summed E-state index contributed by atoms with van der Waals surface area (Å²) in [4.78, 5) is 29.6. The van der Waals surface area contributed by atoms with Crippen molar-refractivity contribution in [3.63, 3.8) is 0 Å². The Balaban J connectivity index is 1.58. The minimum atomic E-state index is -0.889. The van der Waals surface area contributed by atoms with E-state index in [9.17, 15) is 9.59 Å². The third-order valence-corrected chi connectivity index (χ3v) is 6.87. The summed E-state index contributed by atoms with van der Waals surface area (Å²) in [6, 6.07) is 21.7. The first kappa shape index (κ1) is 24.5. The van der Waals surface area contributed by atoms with Crippen molar-refractivity contribution in [1.82, 2.24) is 20.3 Å². The predicted octanol–water partition coefficient (Wildman–Crippen LogP) is 4.58. The third kappa shape index (κ3) is 5.33. The van der Waals surface area contributed by atoms with Gasteiger partial charge in [-0.3, -0.25) is 14.5 Å². The lowest BCUT2D eigenvalue weighted by molar-refractivity contribution is -0.127. The SMILES string of the molecule is COc1cccc(C(C(=O)NC2CCCC2)N(C(=O)Cn2nnc3ccccc32)c2cccc(C)c2)c1. The van der Waals surface area contributed by atoms with Crippen LogP contribution in [0.1, 0.15) is 42.9 Å². The van der Waals surface area contributed by atoms with Crippen molar-refractivity contribution >= 4 is 28.5 Å². The van der Waals surface area contributed by atoms with E-state index in [1.165, 1.54) is 0 Å². The number of carbonyl (C=O) groups excluding carboxylic acids is 2. The molecule has 1 unspecified atom stereocenters. The first-order valence-corrected chi connectivity index (χ1v) is 12.6. The minimum absolute atomic E-state index is 0.0639. The minimum Gasteiger partial charge on any atom is -0.497 e. The van der Waals surface area contributed by atoms with Crippen LogP contribution in [0.2, 0.25) is 0 Å². The quantitative estimate of drug-likeness (QED) is 0.385. The lowest BCUT2D eigenvalue weighted by Crippen LogP contribution is -2.47. The lowest BCUT2D eigenvalue weighted by atomic mass is 10.0. The highest BCUT2D eigenvalue weighted by Crippen LogP contribution is 2.32. The largest absolute Gasteiger partial charge is 0.497 e. The molecular formula is C29H31N5O3. The van der Waals surface area contributed by atoms with E-state index < -0.39 is 6.04 Å². The molecule has 8 heteroatoms. The summed E-state index contributed by atoms with van der Waals surface area (Å²) in [7, 11) is 1.59. The second kappa shape index (κ2) is 10.8. The van der Waals surface area contributed by atoms with Crippen molar-refractivity contribution in [2.24, 2.45) is 0 Å². The Labute approximate surface area is 216 Å². The van der Waals surface area contributed by atoms with Gasteiger partial charge in [0.15, 0.2) is 0 Å². The summed E-state index contributed by atoms with van der Waals surface area (Å²) in [6.07, 6.45) is 4.07. The zero-order valence-electron chi connectivity index (χ0n) is 21.1. The molecule has 0 saturated heterocycles. The maximum Gasteiger partial charge on any atom is 0.249 e. The topological polar surface area (TPSA) is 89.4 Å². The number of aromatic nitrogens is 3. The maximum absolute atomic E-state index is 14.1. The Morgan fingerprint density at radius 2 is 1.84 bits per heavy atom. The number of nitrogens with zero attached hydrogens (tertiary/aromatic N) is 4. The molecule has 1 heterocycles. The molecule has 1 aliphatic rings. The fourth-order valence-corrected chi connectivity index (χ4v) is 5.03. The molecule has 1 fully saturated rings. The number of aryl methyl sites for hydroxylation is 1. The fraction of sp³-hybridized carbons (Fsp3) is 0.310. The van der Waals surface area contributed by atoms with Crippen LogP contribution in [0.4, 0.5) is 5.69 Å². The number of hydrogen-bond acceptors (Lipinski definition) is 5. The Hall–Kier alpha value is -4.20. The second-order valence-electron chi connectivity index (χ2n) is 9.51. The van der Waals surface area contributed by atoms with Gasteiger partial charge in [-0.15, -0.1) is 5.10 Å². The Morgan fingerprint density at radius 3 is 2.62 bits per heavy atom. The molecule has 4 aromatic rings. The zero-order chi connectivity index (χ0) is 25.8. The molecule has 37 heavy (non-hydrogen) atoms.